The van der Waals surface area contributed by atoms with Gasteiger partial charge in [-0.15, -0.1) is 0 Å². The van der Waals surface area contributed by atoms with Gasteiger partial charge in [0.1, 0.15) is 21.3 Å². The van der Waals surface area contributed by atoms with Crippen LogP contribution in [0.15, 0.2) is 0 Å². The maximum Gasteiger partial charge on any atom is 0.215 e. The fourth-order valence-electron chi connectivity index (χ4n) is 3.17. The van der Waals surface area contributed by atoms with Crippen molar-refractivity contribution in [3.05, 3.63) is 0 Å². The standard InChI is InChI=1S/C21H46N2O7S2.2C2H6/c1-10-29-20(6,7)11-12-30-21(8,22)17-32(26,27)23-13-18(2,3)14-28-15-19(4,5)16-31(9,24)25;2*1-2/h23H,10-17,22H2,1-9H3;2*1-2H3. The molecule has 0 saturated carbocycles. The van der Waals surface area contributed by atoms with Gasteiger partial charge in [0.25, 0.3) is 0 Å². The highest BCUT2D eigenvalue weighted by Crippen LogP contribution is 2.21. The van der Waals surface area contributed by atoms with E-state index in [4.69, 9.17) is 19.9 Å². The molecule has 0 aromatic rings. The third-order valence-electron chi connectivity index (χ3n) is 4.56. The minimum atomic E-state index is -3.69. The van der Waals surface area contributed by atoms with E-state index >= 15 is 0 Å². The normalized spacial score (nSPS) is 14.7. The Hall–Kier alpha value is -0.300. The maximum atomic E-state index is 12.5. The lowest BCUT2D eigenvalue weighted by atomic mass is 9.94. The summed E-state index contributed by atoms with van der Waals surface area (Å²) < 4.78 is 67.7. The van der Waals surface area contributed by atoms with Crippen molar-refractivity contribution in [3.8, 4) is 0 Å². The molecule has 36 heavy (non-hydrogen) atoms. The predicted octanol–water partition coefficient (Wildman–Crippen LogP) is 3.97. The van der Waals surface area contributed by atoms with Gasteiger partial charge in [-0.2, -0.15) is 0 Å². The Kier molecular flexibility index (Phi) is 19.3. The Morgan fingerprint density at radius 1 is 0.778 bits per heavy atom. The third-order valence-corrected chi connectivity index (χ3v) is 7.40. The number of sulfonamides is 1. The van der Waals surface area contributed by atoms with E-state index in [0.717, 1.165) is 0 Å². The summed E-state index contributed by atoms with van der Waals surface area (Å²) in [5.74, 6) is -0.364. The maximum absolute atomic E-state index is 12.5. The van der Waals surface area contributed by atoms with E-state index in [1.54, 1.807) is 0 Å². The third kappa shape index (κ3) is 24.1. The highest BCUT2D eigenvalue weighted by atomic mass is 32.2. The van der Waals surface area contributed by atoms with E-state index in [1.807, 2.05) is 76.2 Å². The number of nitrogens with one attached hydrogen (secondary N) is 1. The molecule has 0 heterocycles. The Morgan fingerprint density at radius 2 is 1.25 bits per heavy atom. The van der Waals surface area contributed by atoms with Gasteiger partial charge in [0.15, 0.2) is 0 Å². The fourth-order valence-corrected chi connectivity index (χ4v) is 6.23. The molecule has 0 aromatic heterocycles. The van der Waals surface area contributed by atoms with Crippen molar-refractivity contribution >= 4 is 19.9 Å². The molecule has 3 N–H and O–H groups in total. The molecule has 1 atom stereocenters. The molecule has 0 radical (unpaired) electrons. The summed E-state index contributed by atoms with van der Waals surface area (Å²) >= 11 is 0. The Bertz CT molecular complexity index is 776. The topological polar surface area (TPSA) is 134 Å². The van der Waals surface area contributed by atoms with Gasteiger partial charge in [-0.25, -0.2) is 21.6 Å². The van der Waals surface area contributed by atoms with Crippen LogP contribution in [0.1, 0.15) is 89.5 Å². The summed E-state index contributed by atoms with van der Waals surface area (Å²) in [7, 11) is -6.81. The Labute approximate surface area is 223 Å². The summed E-state index contributed by atoms with van der Waals surface area (Å²) in [4.78, 5) is 0. The van der Waals surface area contributed by atoms with Crippen LogP contribution < -0.4 is 10.5 Å². The minimum absolute atomic E-state index is 0.0178. The molecule has 0 aliphatic rings. The molecule has 0 aromatic carbocycles. The molecular weight excluding hydrogens is 504 g/mol. The summed E-state index contributed by atoms with van der Waals surface area (Å²) in [5.41, 5.74) is 3.32. The first-order valence-corrected chi connectivity index (χ1v) is 16.6. The lowest BCUT2D eigenvalue weighted by Crippen LogP contribution is -2.50. The van der Waals surface area contributed by atoms with E-state index in [1.165, 1.54) is 13.2 Å². The molecule has 0 spiro atoms. The molecule has 0 aliphatic heterocycles. The highest BCUT2D eigenvalue weighted by Gasteiger charge is 2.31. The summed E-state index contributed by atoms with van der Waals surface area (Å²) in [6.07, 6.45) is 1.78. The Morgan fingerprint density at radius 3 is 1.69 bits per heavy atom. The number of nitrogens with two attached hydrogens (primary N) is 1. The molecule has 11 heteroatoms. The zero-order valence-corrected chi connectivity index (χ0v) is 27.0. The van der Waals surface area contributed by atoms with Crippen LogP contribution in [0.5, 0.6) is 0 Å². The van der Waals surface area contributed by atoms with Crippen LogP contribution >= 0.6 is 0 Å². The van der Waals surface area contributed by atoms with Gasteiger partial charge >= 0.3 is 0 Å². The Balaban J connectivity index is -0.00000258. The monoisotopic (exact) mass is 562 g/mol. The predicted molar refractivity (Wildman–Crippen MR) is 151 cm³/mol. The van der Waals surface area contributed by atoms with Crippen molar-refractivity contribution in [3.63, 3.8) is 0 Å². The number of hydrogen-bond acceptors (Lipinski definition) is 8. The van der Waals surface area contributed by atoms with Crippen LogP contribution in [0.4, 0.5) is 0 Å². The van der Waals surface area contributed by atoms with Gasteiger partial charge < -0.3 is 19.9 Å². The van der Waals surface area contributed by atoms with E-state index in [9.17, 15) is 16.8 Å². The molecular formula is C25H58N2O7S2. The molecule has 0 saturated heterocycles. The first kappa shape index (κ1) is 40.2. The molecule has 0 fully saturated rings. The first-order chi connectivity index (χ1) is 16.1. The van der Waals surface area contributed by atoms with E-state index in [-0.39, 0.29) is 43.5 Å². The van der Waals surface area contributed by atoms with Gasteiger partial charge in [0.05, 0.1) is 31.2 Å². The quantitative estimate of drug-likeness (QED) is 0.254. The van der Waals surface area contributed by atoms with Crippen molar-refractivity contribution in [1.29, 1.82) is 0 Å². The second-order valence-electron chi connectivity index (χ2n) is 11.1. The van der Waals surface area contributed by atoms with E-state index in [0.29, 0.717) is 13.0 Å². The van der Waals surface area contributed by atoms with Crippen molar-refractivity contribution in [1.82, 2.24) is 4.72 Å². The van der Waals surface area contributed by atoms with Crippen LogP contribution in [0.2, 0.25) is 0 Å². The van der Waals surface area contributed by atoms with Gasteiger partial charge in [-0.1, -0.05) is 55.4 Å². The van der Waals surface area contributed by atoms with Gasteiger partial charge in [-0.3, -0.25) is 0 Å². The highest BCUT2D eigenvalue weighted by molar-refractivity contribution is 7.90. The van der Waals surface area contributed by atoms with Crippen LogP contribution in [0.3, 0.4) is 0 Å². The van der Waals surface area contributed by atoms with Crippen molar-refractivity contribution in [2.45, 2.75) is 101 Å². The molecule has 0 aliphatic carbocycles. The lowest BCUT2D eigenvalue weighted by Gasteiger charge is -2.31. The largest absolute Gasteiger partial charge is 0.380 e. The second-order valence-corrected chi connectivity index (χ2v) is 15.0. The van der Waals surface area contributed by atoms with Crippen LogP contribution in [-0.2, 0) is 34.1 Å². The van der Waals surface area contributed by atoms with Crippen LogP contribution in [0, 0.1) is 10.8 Å². The smallest absolute Gasteiger partial charge is 0.215 e. The zero-order valence-electron chi connectivity index (χ0n) is 25.4. The summed E-state index contributed by atoms with van der Waals surface area (Å²) in [5, 5.41) is 0. The lowest BCUT2D eigenvalue weighted by molar-refractivity contribution is -0.0657. The molecule has 0 amide bonds. The molecule has 0 bridgehead atoms. The number of hydrogen-bond donors (Lipinski definition) is 2. The second kappa shape index (κ2) is 17.3. The molecule has 222 valence electrons. The van der Waals surface area contributed by atoms with Crippen molar-refractivity contribution < 1.29 is 31.0 Å². The van der Waals surface area contributed by atoms with Gasteiger partial charge in [0.2, 0.25) is 10.0 Å². The number of sulfone groups is 1. The average Bonchev–Trinajstić information content (AvgIpc) is 2.66. The molecule has 9 nitrogen and oxygen atoms in total. The fraction of sp³-hybridized carbons (Fsp3) is 1.00. The minimum Gasteiger partial charge on any atom is -0.380 e. The van der Waals surface area contributed by atoms with Gasteiger partial charge in [-0.05, 0) is 34.1 Å². The molecule has 1 unspecified atom stereocenters. The van der Waals surface area contributed by atoms with Gasteiger partial charge in [0, 0.05) is 30.2 Å². The average molecular weight is 563 g/mol. The van der Waals surface area contributed by atoms with E-state index < -0.39 is 36.4 Å². The SMILES string of the molecule is CC.CC.CCOC(C)(C)CCOC(C)(N)CS(=O)(=O)NCC(C)(C)COCC(C)(C)CS(C)(=O)=O. The van der Waals surface area contributed by atoms with Crippen molar-refractivity contribution in [2.24, 2.45) is 16.6 Å². The first-order valence-electron chi connectivity index (χ1n) is 12.9. The van der Waals surface area contributed by atoms with Crippen molar-refractivity contribution in [2.75, 3.05) is 50.7 Å². The zero-order chi connectivity index (χ0) is 29.5. The molecule has 0 rings (SSSR count). The summed E-state index contributed by atoms with van der Waals surface area (Å²) in [6.45, 7) is 24.2. The number of ether oxygens (including phenoxy) is 3. The number of rotatable bonds is 17. The van der Waals surface area contributed by atoms with Crippen LogP contribution in [-0.4, -0.2) is 78.9 Å². The summed E-state index contributed by atoms with van der Waals surface area (Å²) in [6, 6.07) is 0. The van der Waals surface area contributed by atoms with E-state index in [2.05, 4.69) is 4.72 Å². The van der Waals surface area contributed by atoms with Crippen LogP contribution in [0.25, 0.3) is 0 Å².